The van der Waals surface area contributed by atoms with E-state index in [-0.39, 0.29) is 29.1 Å². The first-order valence-electron chi connectivity index (χ1n) is 13.0. The second-order valence-electron chi connectivity index (χ2n) is 9.46. The van der Waals surface area contributed by atoms with Gasteiger partial charge in [0.15, 0.2) is 11.6 Å². The SMILES string of the molecule is CC.CC.CNCCC(C)CN1CC2(C1)CN(c1c(F)cc(NC3CCC(=O)NC3=O)cc1F)C2. The first kappa shape index (κ1) is 29.0. The van der Waals surface area contributed by atoms with E-state index < -0.39 is 23.6 Å². The van der Waals surface area contributed by atoms with Crippen LogP contribution in [0.1, 0.15) is 53.9 Å². The summed E-state index contributed by atoms with van der Waals surface area (Å²) >= 11 is 0. The van der Waals surface area contributed by atoms with E-state index in [0.717, 1.165) is 32.6 Å². The molecule has 0 aliphatic carbocycles. The molecule has 3 aliphatic rings. The van der Waals surface area contributed by atoms with Gasteiger partial charge in [0.05, 0.1) is 0 Å². The number of anilines is 2. The van der Waals surface area contributed by atoms with Crippen LogP contribution in [0.4, 0.5) is 20.2 Å². The molecule has 9 heteroatoms. The number of amides is 2. The van der Waals surface area contributed by atoms with Crippen molar-refractivity contribution in [3.8, 4) is 0 Å². The third-order valence-electron chi connectivity index (χ3n) is 6.54. The van der Waals surface area contributed by atoms with Crippen molar-refractivity contribution < 1.29 is 18.4 Å². The molecule has 1 aromatic rings. The molecule has 3 saturated heterocycles. The van der Waals surface area contributed by atoms with Crippen LogP contribution in [0.15, 0.2) is 12.1 Å². The summed E-state index contributed by atoms with van der Waals surface area (Å²) in [6.07, 6.45) is 1.64. The fourth-order valence-electron chi connectivity index (χ4n) is 5.06. The molecule has 35 heavy (non-hydrogen) atoms. The molecule has 3 fully saturated rings. The van der Waals surface area contributed by atoms with Crippen LogP contribution < -0.4 is 20.9 Å². The van der Waals surface area contributed by atoms with E-state index in [9.17, 15) is 18.4 Å². The van der Waals surface area contributed by atoms with E-state index in [0.29, 0.717) is 25.4 Å². The Labute approximate surface area is 209 Å². The van der Waals surface area contributed by atoms with Gasteiger partial charge in [-0.15, -0.1) is 0 Å². The Hall–Kier alpha value is -2.26. The molecule has 2 amide bonds. The lowest BCUT2D eigenvalue weighted by Crippen LogP contribution is -2.72. The number of halogens is 2. The van der Waals surface area contributed by atoms with Gasteiger partial charge < -0.3 is 20.4 Å². The maximum Gasteiger partial charge on any atom is 0.249 e. The zero-order valence-corrected chi connectivity index (χ0v) is 22.1. The van der Waals surface area contributed by atoms with E-state index in [1.165, 1.54) is 12.1 Å². The number of rotatable bonds is 8. The number of carbonyl (C=O) groups is 2. The summed E-state index contributed by atoms with van der Waals surface area (Å²) in [5, 5.41) is 8.25. The van der Waals surface area contributed by atoms with E-state index in [1.54, 1.807) is 4.90 Å². The van der Waals surface area contributed by atoms with Gasteiger partial charge in [0.1, 0.15) is 11.7 Å². The number of carbonyl (C=O) groups excluding carboxylic acids is 2. The van der Waals surface area contributed by atoms with Crippen molar-refractivity contribution in [1.29, 1.82) is 0 Å². The smallest absolute Gasteiger partial charge is 0.249 e. The van der Waals surface area contributed by atoms with Crippen molar-refractivity contribution in [1.82, 2.24) is 15.5 Å². The van der Waals surface area contributed by atoms with Gasteiger partial charge in [0.2, 0.25) is 11.8 Å². The average Bonchev–Trinajstić information content (AvgIpc) is 2.78. The molecule has 3 aliphatic heterocycles. The largest absolute Gasteiger partial charge is 0.373 e. The topological polar surface area (TPSA) is 76.7 Å². The number of hydrogen-bond donors (Lipinski definition) is 3. The maximum atomic E-state index is 14.7. The Morgan fingerprint density at radius 1 is 1.09 bits per heavy atom. The van der Waals surface area contributed by atoms with E-state index in [2.05, 4.69) is 27.8 Å². The summed E-state index contributed by atoms with van der Waals surface area (Å²) in [6, 6.07) is 1.78. The van der Waals surface area contributed by atoms with Crippen molar-refractivity contribution in [2.24, 2.45) is 11.3 Å². The lowest BCUT2D eigenvalue weighted by atomic mass is 9.72. The highest BCUT2D eigenvalue weighted by Crippen LogP contribution is 2.44. The zero-order chi connectivity index (χ0) is 26.2. The summed E-state index contributed by atoms with van der Waals surface area (Å²) in [4.78, 5) is 27.3. The minimum Gasteiger partial charge on any atom is -0.373 e. The molecular formula is C26H43F2N5O2. The first-order chi connectivity index (χ1) is 16.8. The van der Waals surface area contributed by atoms with E-state index in [1.807, 2.05) is 34.7 Å². The molecule has 3 N–H and O–H groups in total. The normalized spacial score (nSPS) is 21.5. The minimum absolute atomic E-state index is 0.000265. The Bertz CT molecular complexity index is 829. The van der Waals surface area contributed by atoms with Crippen LogP contribution in [-0.4, -0.2) is 69.1 Å². The average molecular weight is 496 g/mol. The van der Waals surface area contributed by atoms with Crippen molar-refractivity contribution in [3.05, 3.63) is 23.8 Å². The van der Waals surface area contributed by atoms with Crippen molar-refractivity contribution in [2.45, 2.75) is 59.9 Å². The molecular weight excluding hydrogens is 452 g/mol. The van der Waals surface area contributed by atoms with Crippen LogP contribution in [0, 0.1) is 23.0 Å². The monoisotopic (exact) mass is 495 g/mol. The van der Waals surface area contributed by atoms with Gasteiger partial charge in [0, 0.05) is 50.2 Å². The van der Waals surface area contributed by atoms with Crippen LogP contribution in [0.2, 0.25) is 0 Å². The Morgan fingerprint density at radius 3 is 2.23 bits per heavy atom. The molecule has 0 bridgehead atoms. The highest BCUT2D eigenvalue weighted by Gasteiger charge is 2.52. The number of piperidine rings is 1. The summed E-state index contributed by atoms with van der Waals surface area (Å²) < 4.78 is 29.5. The van der Waals surface area contributed by atoms with Crippen LogP contribution >= 0.6 is 0 Å². The van der Waals surface area contributed by atoms with Crippen molar-refractivity contribution in [2.75, 3.05) is 56.5 Å². The van der Waals surface area contributed by atoms with Crippen molar-refractivity contribution >= 4 is 23.2 Å². The molecule has 0 saturated carbocycles. The third kappa shape index (κ3) is 7.13. The Morgan fingerprint density at radius 2 is 1.69 bits per heavy atom. The Balaban J connectivity index is 0.00000103. The fourth-order valence-corrected chi connectivity index (χ4v) is 5.06. The number of hydrogen-bond acceptors (Lipinski definition) is 6. The highest BCUT2D eigenvalue weighted by molar-refractivity contribution is 6.01. The number of benzene rings is 1. The molecule has 2 atom stereocenters. The number of nitrogens with one attached hydrogen (secondary N) is 3. The van der Waals surface area contributed by atoms with Gasteiger partial charge in [-0.2, -0.15) is 0 Å². The van der Waals surface area contributed by atoms with Gasteiger partial charge in [0.25, 0.3) is 0 Å². The summed E-state index contributed by atoms with van der Waals surface area (Å²) in [5.41, 5.74) is 0.347. The number of likely N-dealkylation sites (tertiary alicyclic amines) is 1. The number of imide groups is 1. The third-order valence-corrected chi connectivity index (χ3v) is 6.54. The van der Waals surface area contributed by atoms with Gasteiger partial charge in [-0.25, -0.2) is 8.78 Å². The highest BCUT2D eigenvalue weighted by atomic mass is 19.1. The van der Waals surface area contributed by atoms with Gasteiger partial charge >= 0.3 is 0 Å². The second-order valence-corrected chi connectivity index (χ2v) is 9.46. The van der Waals surface area contributed by atoms with Crippen LogP contribution in [0.5, 0.6) is 0 Å². The fraction of sp³-hybridized carbons (Fsp3) is 0.692. The molecule has 0 radical (unpaired) electrons. The lowest BCUT2D eigenvalue weighted by Gasteiger charge is -2.61. The minimum atomic E-state index is -0.675. The Kier molecular flexibility index (Phi) is 10.9. The first-order valence-corrected chi connectivity index (χ1v) is 13.0. The van der Waals surface area contributed by atoms with E-state index >= 15 is 0 Å². The molecule has 7 nitrogen and oxygen atoms in total. The number of nitrogens with zero attached hydrogens (tertiary/aromatic N) is 2. The molecule has 4 rings (SSSR count). The summed E-state index contributed by atoms with van der Waals surface area (Å²) in [5.74, 6) is -1.45. The van der Waals surface area contributed by atoms with E-state index in [4.69, 9.17) is 0 Å². The van der Waals surface area contributed by atoms with Gasteiger partial charge in [-0.05, 0) is 44.5 Å². The van der Waals surface area contributed by atoms with Gasteiger partial charge in [-0.1, -0.05) is 34.6 Å². The molecule has 198 valence electrons. The predicted octanol–water partition coefficient (Wildman–Crippen LogP) is 3.60. The molecule has 1 aromatic carbocycles. The molecule has 2 unspecified atom stereocenters. The standard InChI is InChI=1S/C22H31F2N5O2.2C2H6/c1-14(5-6-25-2)9-28-10-22(11-28)12-29(13-22)20-16(23)7-15(8-17(20)24)26-18-3-4-19(30)27-21(18)31;2*1-2/h7-8,14,18,25-26H,3-6,9-13H2,1-2H3,(H,27,30,31);2*1-2H3. The summed E-state index contributed by atoms with van der Waals surface area (Å²) in [7, 11) is 1.96. The van der Waals surface area contributed by atoms with Crippen LogP contribution in [0.3, 0.4) is 0 Å². The van der Waals surface area contributed by atoms with Crippen LogP contribution in [0.25, 0.3) is 0 Å². The predicted molar refractivity (Wildman–Crippen MR) is 138 cm³/mol. The van der Waals surface area contributed by atoms with Crippen molar-refractivity contribution in [3.63, 3.8) is 0 Å². The molecule has 3 heterocycles. The second kappa shape index (κ2) is 13.2. The summed E-state index contributed by atoms with van der Waals surface area (Å²) in [6.45, 7) is 15.6. The quantitative estimate of drug-likeness (QED) is 0.479. The maximum absolute atomic E-state index is 14.7. The van der Waals surface area contributed by atoms with Gasteiger partial charge in [-0.3, -0.25) is 14.9 Å². The lowest BCUT2D eigenvalue weighted by molar-refractivity contribution is -0.133. The molecule has 1 spiro atoms. The molecule has 0 aromatic heterocycles. The zero-order valence-electron chi connectivity index (χ0n) is 22.1. The van der Waals surface area contributed by atoms with Crippen LogP contribution in [-0.2, 0) is 9.59 Å².